The van der Waals surface area contributed by atoms with Gasteiger partial charge in [-0.1, -0.05) is 0 Å². The van der Waals surface area contributed by atoms with Crippen LogP contribution >= 0.6 is 0 Å². The molecule has 0 saturated carbocycles. The molecule has 1 aliphatic heterocycles. The molecule has 0 unspecified atom stereocenters. The third-order valence-electron chi connectivity index (χ3n) is 1.41. The molecule has 13 heavy (non-hydrogen) atoms. The van der Waals surface area contributed by atoms with Crippen LogP contribution in [0.25, 0.3) is 0 Å². The molecule has 1 rings (SSSR count). The fraction of sp³-hybridized carbons (Fsp3) is 0.111. The molecule has 0 aromatic carbocycles. The number of carboxylic acids is 1. The molecule has 0 fully saturated rings. The Morgan fingerprint density at radius 2 is 2.15 bits per heavy atom. The normalized spacial score (nSPS) is 15.5. The molecule has 68 valence electrons. The largest absolute Gasteiger partial charge is 0.477 e. The Morgan fingerprint density at radius 3 is 2.69 bits per heavy atom. The summed E-state index contributed by atoms with van der Waals surface area (Å²) in [7, 11) is 1.91. The van der Waals surface area contributed by atoms with E-state index in [2.05, 4.69) is 4.99 Å². The van der Waals surface area contributed by atoms with Crippen LogP contribution in [-0.4, -0.2) is 29.2 Å². The lowest BCUT2D eigenvalue weighted by molar-refractivity contribution is -0.128. The van der Waals surface area contributed by atoms with Crippen molar-refractivity contribution >= 4 is 12.2 Å². The molecule has 0 aromatic heterocycles. The van der Waals surface area contributed by atoms with Gasteiger partial charge in [0.25, 0.3) is 0 Å². The third-order valence-corrected chi connectivity index (χ3v) is 1.41. The van der Waals surface area contributed by atoms with E-state index in [4.69, 9.17) is 5.11 Å². The number of carbonyl (C=O) groups is 1. The summed E-state index contributed by atoms with van der Waals surface area (Å²) in [5.74, 6) is -1.04. The van der Waals surface area contributed by atoms with Crippen molar-refractivity contribution in [1.29, 1.82) is 0 Å². The molecule has 1 aliphatic rings. The number of aliphatic carboxylic acids is 1. The number of hydrogen-bond donors (Lipinski definition) is 1. The Labute approximate surface area is 76.2 Å². The van der Waals surface area contributed by atoms with Gasteiger partial charge in [-0.05, 0) is 17.7 Å². The number of rotatable bonds is 2. The molecule has 4 nitrogen and oxygen atoms in total. The summed E-state index contributed by atoms with van der Waals surface area (Å²) in [5, 5.41) is 8.26. The highest BCUT2D eigenvalue weighted by atomic mass is 16.4. The molecule has 4 heteroatoms. The summed E-state index contributed by atoms with van der Waals surface area (Å²) in [6, 6.07) is 0. The van der Waals surface area contributed by atoms with Gasteiger partial charge in [0, 0.05) is 25.6 Å². The lowest BCUT2D eigenvalue weighted by Gasteiger charge is -2.10. The van der Waals surface area contributed by atoms with Gasteiger partial charge in [0.2, 0.25) is 0 Å². The number of hydrogen-bond acceptors (Lipinski definition) is 3. The monoisotopic (exact) mass is 178 g/mol. The highest BCUT2D eigenvalue weighted by molar-refractivity contribution is 6.22. The van der Waals surface area contributed by atoms with E-state index in [9.17, 15) is 4.79 Å². The summed E-state index contributed by atoms with van der Waals surface area (Å²) in [4.78, 5) is 15.6. The van der Waals surface area contributed by atoms with Crippen LogP contribution in [0.5, 0.6) is 0 Å². The van der Waals surface area contributed by atoms with Crippen LogP contribution in [0.15, 0.2) is 41.3 Å². The molecule has 0 aliphatic carbocycles. The maximum Gasteiger partial charge on any atom is 0.346 e. The zero-order chi connectivity index (χ0) is 9.68. The lowest BCUT2D eigenvalue weighted by Crippen LogP contribution is -2.03. The van der Waals surface area contributed by atoms with E-state index in [1.165, 1.54) is 6.20 Å². The molecule has 0 spiro atoms. The third kappa shape index (κ3) is 3.37. The number of carboxylic acid groups (broad SMARTS) is 1. The molecule has 0 radical (unpaired) electrons. The summed E-state index contributed by atoms with van der Waals surface area (Å²) in [6.45, 7) is 0. The SMILES string of the molecule is CN1C=CC(=CN=CC(=O)O)C=C1. The topological polar surface area (TPSA) is 52.9 Å². The van der Waals surface area contributed by atoms with Crippen molar-refractivity contribution < 1.29 is 9.90 Å². The first-order chi connectivity index (χ1) is 6.18. The maximum atomic E-state index is 10.1. The van der Waals surface area contributed by atoms with Crippen molar-refractivity contribution in [3.8, 4) is 0 Å². The van der Waals surface area contributed by atoms with E-state index >= 15 is 0 Å². The summed E-state index contributed by atoms with van der Waals surface area (Å²) >= 11 is 0. The fourth-order valence-corrected chi connectivity index (χ4v) is 0.786. The van der Waals surface area contributed by atoms with Gasteiger partial charge >= 0.3 is 5.97 Å². The van der Waals surface area contributed by atoms with Crippen LogP contribution in [0.3, 0.4) is 0 Å². The van der Waals surface area contributed by atoms with Gasteiger partial charge in [-0.2, -0.15) is 0 Å². The van der Waals surface area contributed by atoms with E-state index in [1.807, 2.05) is 36.5 Å². The van der Waals surface area contributed by atoms with E-state index in [0.29, 0.717) is 0 Å². The van der Waals surface area contributed by atoms with Gasteiger partial charge < -0.3 is 10.0 Å². The average molecular weight is 178 g/mol. The zero-order valence-electron chi connectivity index (χ0n) is 7.21. The quantitative estimate of drug-likeness (QED) is 0.642. The molecule has 1 heterocycles. The van der Waals surface area contributed by atoms with E-state index in [1.54, 1.807) is 0 Å². The van der Waals surface area contributed by atoms with Crippen LogP contribution < -0.4 is 0 Å². The Hall–Kier alpha value is -1.84. The van der Waals surface area contributed by atoms with Crippen LogP contribution in [-0.2, 0) is 4.79 Å². The smallest absolute Gasteiger partial charge is 0.346 e. The first-order valence-corrected chi connectivity index (χ1v) is 3.73. The van der Waals surface area contributed by atoms with Gasteiger partial charge in [0.15, 0.2) is 0 Å². The second kappa shape index (κ2) is 4.25. The Balaban J connectivity index is 2.59. The highest BCUT2D eigenvalue weighted by Crippen LogP contribution is 2.06. The molecular weight excluding hydrogens is 168 g/mol. The van der Waals surface area contributed by atoms with Crippen LogP contribution in [0.1, 0.15) is 0 Å². The van der Waals surface area contributed by atoms with Crippen molar-refractivity contribution in [3.05, 3.63) is 36.3 Å². The Bertz CT molecular complexity index is 298. The van der Waals surface area contributed by atoms with Crippen molar-refractivity contribution in [2.45, 2.75) is 0 Å². The maximum absolute atomic E-state index is 10.1. The van der Waals surface area contributed by atoms with Crippen LogP contribution in [0.2, 0.25) is 0 Å². The van der Waals surface area contributed by atoms with Crippen LogP contribution in [0, 0.1) is 0 Å². The van der Waals surface area contributed by atoms with Crippen molar-refractivity contribution in [2.24, 2.45) is 4.99 Å². The Morgan fingerprint density at radius 1 is 1.54 bits per heavy atom. The van der Waals surface area contributed by atoms with Crippen LogP contribution in [0.4, 0.5) is 0 Å². The molecular formula is C9H10N2O2. The number of aliphatic imine (C=N–C) groups is 1. The van der Waals surface area contributed by atoms with Gasteiger partial charge in [0.1, 0.15) is 6.21 Å². The second-order valence-electron chi connectivity index (χ2n) is 2.54. The average Bonchev–Trinajstić information content (AvgIpc) is 2.08. The summed E-state index contributed by atoms with van der Waals surface area (Å²) < 4.78 is 0. The van der Waals surface area contributed by atoms with E-state index in [-0.39, 0.29) is 0 Å². The minimum Gasteiger partial charge on any atom is -0.477 e. The van der Waals surface area contributed by atoms with Gasteiger partial charge in [-0.25, -0.2) is 4.79 Å². The fourth-order valence-electron chi connectivity index (χ4n) is 0.786. The van der Waals surface area contributed by atoms with Gasteiger partial charge in [-0.15, -0.1) is 0 Å². The van der Waals surface area contributed by atoms with E-state index in [0.717, 1.165) is 11.8 Å². The molecule has 1 N–H and O–H groups in total. The van der Waals surface area contributed by atoms with E-state index < -0.39 is 5.97 Å². The number of nitrogens with zero attached hydrogens (tertiary/aromatic N) is 2. The minimum absolute atomic E-state index is 0.854. The number of allylic oxidation sites excluding steroid dienone is 3. The van der Waals surface area contributed by atoms with Crippen molar-refractivity contribution in [1.82, 2.24) is 4.90 Å². The molecule has 0 saturated heterocycles. The first kappa shape index (κ1) is 9.25. The zero-order valence-corrected chi connectivity index (χ0v) is 7.21. The van der Waals surface area contributed by atoms with Gasteiger partial charge in [-0.3, -0.25) is 4.99 Å². The molecule has 0 bridgehead atoms. The lowest BCUT2D eigenvalue weighted by atomic mass is 10.2. The summed E-state index contributed by atoms with van der Waals surface area (Å²) in [6.07, 6.45) is 9.77. The van der Waals surface area contributed by atoms with Crippen molar-refractivity contribution in [3.63, 3.8) is 0 Å². The molecule has 0 atom stereocenters. The summed E-state index contributed by atoms with van der Waals surface area (Å²) in [5.41, 5.74) is 0.871. The van der Waals surface area contributed by atoms with Crippen molar-refractivity contribution in [2.75, 3.05) is 7.05 Å². The highest BCUT2D eigenvalue weighted by Gasteiger charge is 1.93. The standard InChI is InChI=1S/C9H10N2O2/c1-11-4-2-8(3-5-11)6-10-7-9(12)13/h2-7H,1H3,(H,12,13). The second-order valence-corrected chi connectivity index (χ2v) is 2.54. The molecule has 0 aromatic rings. The Kier molecular flexibility index (Phi) is 3.03. The van der Waals surface area contributed by atoms with Gasteiger partial charge in [0.05, 0.1) is 0 Å². The first-order valence-electron chi connectivity index (χ1n) is 3.73. The minimum atomic E-state index is -1.04. The predicted molar refractivity (Wildman–Crippen MR) is 50.3 cm³/mol. The molecule has 0 amide bonds. The predicted octanol–water partition coefficient (Wildman–Crippen LogP) is 0.998.